The van der Waals surface area contributed by atoms with E-state index in [-0.39, 0.29) is 29.2 Å². The Morgan fingerprint density at radius 3 is 2.60 bits per heavy atom. The van der Waals surface area contributed by atoms with Crippen LogP contribution in [0.25, 0.3) is 0 Å². The van der Waals surface area contributed by atoms with Crippen molar-refractivity contribution in [3.63, 3.8) is 0 Å². The van der Waals surface area contributed by atoms with E-state index in [0.717, 1.165) is 10.4 Å². The van der Waals surface area contributed by atoms with Gasteiger partial charge in [-0.15, -0.1) is 11.3 Å². The van der Waals surface area contributed by atoms with Crippen LogP contribution in [0.4, 0.5) is 10.1 Å². The highest BCUT2D eigenvalue weighted by molar-refractivity contribution is 7.10. The summed E-state index contributed by atoms with van der Waals surface area (Å²) in [5.74, 6) is -0.877. The Labute approximate surface area is 154 Å². The second kappa shape index (κ2) is 8.25. The van der Waals surface area contributed by atoms with E-state index in [1.54, 1.807) is 11.3 Å². The van der Waals surface area contributed by atoms with E-state index >= 15 is 0 Å². The summed E-state index contributed by atoms with van der Waals surface area (Å²) in [5.41, 5.74) is 1.18. The summed E-state index contributed by atoms with van der Waals surface area (Å²) in [6.07, 6.45) is 0. The number of carbonyl (C=O) groups excluding carboxylic acids is 1. The first-order valence-corrected chi connectivity index (χ1v) is 8.96. The lowest BCUT2D eigenvalue weighted by atomic mass is 10.1. The van der Waals surface area contributed by atoms with E-state index in [1.165, 1.54) is 18.2 Å². The fraction of sp³-hybridized carbons (Fsp3) is 0.105. The van der Waals surface area contributed by atoms with Crippen molar-refractivity contribution < 1.29 is 9.18 Å². The molecule has 0 fully saturated rings. The molecule has 6 heteroatoms. The molecule has 0 saturated heterocycles. The molecule has 0 radical (unpaired) electrons. The van der Waals surface area contributed by atoms with Crippen LogP contribution < -0.4 is 10.6 Å². The monoisotopic (exact) mass is 374 g/mol. The molecule has 0 saturated carbocycles. The first-order valence-electron chi connectivity index (χ1n) is 7.70. The number of benzene rings is 2. The minimum Gasteiger partial charge on any atom is -0.322 e. The third kappa shape index (κ3) is 4.66. The average molecular weight is 375 g/mol. The number of hydrogen-bond acceptors (Lipinski definition) is 3. The standard InChI is InChI=1S/C19H16ClFN2OS/c20-14-8-9-16(15(21)11-14)23-18(24)12-22-19(17-7-4-10-25-17)13-5-2-1-3-6-13/h1-11,19,22H,12H2,(H,23,24)/t19-/m1/s1. The van der Waals surface area contributed by atoms with E-state index in [4.69, 9.17) is 11.6 Å². The number of thiophene rings is 1. The second-order valence-electron chi connectivity index (χ2n) is 5.41. The van der Waals surface area contributed by atoms with Gasteiger partial charge in [0.15, 0.2) is 0 Å². The van der Waals surface area contributed by atoms with Crippen molar-refractivity contribution in [3.05, 3.63) is 87.3 Å². The van der Waals surface area contributed by atoms with Crippen molar-refractivity contribution in [1.29, 1.82) is 0 Å². The zero-order valence-electron chi connectivity index (χ0n) is 13.2. The van der Waals surface area contributed by atoms with Gasteiger partial charge >= 0.3 is 0 Å². The summed E-state index contributed by atoms with van der Waals surface area (Å²) in [6.45, 7) is 0.0551. The molecule has 3 rings (SSSR count). The molecule has 2 aromatic carbocycles. The lowest BCUT2D eigenvalue weighted by Crippen LogP contribution is -2.31. The van der Waals surface area contributed by atoms with E-state index < -0.39 is 5.82 Å². The molecule has 128 valence electrons. The highest BCUT2D eigenvalue weighted by Gasteiger charge is 2.16. The second-order valence-corrected chi connectivity index (χ2v) is 6.83. The lowest BCUT2D eigenvalue weighted by Gasteiger charge is -2.18. The first-order chi connectivity index (χ1) is 12.1. The molecule has 0 spiro atoms. The van der Waals surface area contributed by atoms with Crippen molar-refractivity contribution in [3.8, 4) is 0 Å². The number of amides is 1. The van der Waals surface area contributed by atoms with Gasteiger partial charge in [-0.05, 0) is 35.2 Å². The third-order valence-electron chi connectivity index (χ3n) is 3.63. The molecule has 1 aromatic heterocycles. The third-order valence-corrected chi connectivity index (χ3v) is 4.80. The highest BCUT2D eigenvalue weighted by atomic mass is 35.5. The number of anilines is 1. The maximum absolute atomic E-state index is 13.8. The van der Waals surface area contributed by atoms with Crippen LogP contribution in [0.1, 0.15) is 16.5 Å². The number of rotatable bonds is 6. The summed E-state index contributed by atoms with van der Waals surface area (Å²) in [5, 5.41) is 8.08. The van der Waals surface area contributed by atoms with E-state index in [0.29, 0.717) is 0 Å². The summed E-state index contributed by atoms with van der Waals surface area (Å²) < 4.78 is 13.8. The van der Waals surface area contributed by atoms with Crippen LogP contribution in [-0.4, -0.2) is 12.5 Å². The molecule has 0 aliphatic heterocycles. The van der Waals surface area contributed by atoms with Gasteiger partial charge in [0.2, 0.25) is 5.91 Å². The first kappa shape index (κ1) is 17.6. The zero-order chi connectivity index (χ0) is 17.6. The summed E-state index contributed by atoms with van der Waals surface area (Å²) in [4.78, 5) is 13.3. The minimum atomic E-state index is -0.557. The maximum Gasteiger partial charge on any atom is 0.238 e. The van der Waals surface area contributed by atoms with Crippen LogP contribution in [0.15, 0.2) is 66.0 Å². The quantitative estimate of drug-likeness (QED) is 0.647. The zero-order valence-corrected chi connectivity index (χ0v) is 14.8. The largest absolute Gasteiger partial charge is 0.322 e. The van der Waals surface area contributed by atoms with Gasteiger partial charge < -0.3 is 5.32 Å². The molecular formula is C19H16ClFN2OS. The molecule has 25 heavy (non-hydrogen) atoms. The van der Waals surface area contributed by atoms with E-state index in [9.17, 15) is 9.18 Å². The SMILES string of the molecule is O=C(CN[C@H](c1ccccc1)c1cccs1)Nc1ccc(Cl)cc1F. The van der Waals surface area contributed by atoms with Gasteiger partial charge in [0, 0.05) is 9.90 Å². The molecule has 3 nitrogen and oxygen atoms in total. The van der Waals surface area contributed by atoms with Gasteiger partial charge in [-0.3, -0.25) is 10.1 Å². The Morgan fingerprint density at radius 1 is 1.12 bits per heavy atom. The Hall–Kier alpha value is -2.21. The lowest BCUT2D eigenvalue weighted by molar-refractivity contribution is -0.115. The Morgan fingerprint density at radius 2 is 1.92 bits per heavy atom. The smallest absolute Gasteiger partial charge is 0.238 e. The number of halogens is 2. The Balaban J connectivity index is 1.68. The Kier molecular flexibility index (Phi) is 5.81. The van der Waals surface area contributed by atoms with Crippen molar-refractivity contribution in [2.45, 2.75) is 6.04 Å². The van der Waals surface area contributed by atoms with Crippen molar-refractivity contribution in [2.75, 3.05) is 11.9 Å². The predicted octanol–water partition coefficient (Wildman–Crippen LogP) is 4.86. The molecule has 1 amide bonds. The van der Waals surface area contributed by atoms with Crippen LogP contribution in [-0.2, 0) is 4.79 Å². The van der Waals surface area contributed by atoms with E-state index in [1.807, 2.05) is 47.8 Å². The summed E-state index contributed by atoms with van der Waals surface area (Å²) >= 11 is 7.33. The predicted molar refractivity (Wildman–Crippen MR) is 101 cm³/mol. The normalized spacial score (nSPS) is 11.9. The van der Waals surface area contributed by atoms with Crippen LogP contribution in [0.3, 0.4) is 0 Å². The van der Waals surface area contributed by atoms with Crippen molar-refractivity contribution >= 4 is 34.5 Å². The van der Waals surface area contributed by atoms with Crippen LogP contribution in [0.2, 0.25) is 5.02 Å². The van der Waals surface area contributed by atoms with Crippen LogP contribution in [0.5, 0.6) is 0 Å². The summed E-state index contributed by atoms with van der Waals surface area (Å²) in [6, 6.07) is 17.9. The molecule has 0 aliphatic rings. The molecule has 0 unspecified atom stereocenters. The fourth-order valence-corrected chi connectivity index (χ4v) is 3.45. The molecule has 2 N–H and O–H groups in total. The molecule has 3 aromatic rings. The highest BCUT2D eigenvalue weighted by Crippen LogP contribution is 2.25. The fourth-order valence-electron chi connectivity index (χ4n) is 2.46. The molecule has 0 bridgehead atoms. The van der Waals surface area contributed by atoms with Crippen LogP contribution in [0, 0.1) is 5.82 Å². The topological polar surface area (TPSA) is 41.1 Å². The molecule has 1 atom stereocenters. The average Bonchev–Trinajstić information content (AvgIpc) is 3.13. The number of nitrogens with one attached hydrogen (secondary N) is 2. The van der Waals surface area contributed by atoms with Gasteiger partial charge in [0.1, 0.15) is 5.82 Å². The summed E-state index contributed by atoms with van der Waals surface area (Å²) in [7, 11) is 0. The number of carbonyl (C=O) groups is 1. The maximum atomic E-state index is 13.8. The van der Waals surface area contributed by atoms with Gasteiger partial charge in [-0.2, -0.15) is 0 Å². The van der Waals surface area contributed by atoms with Gasteiger partial charge in [0.25, 0.3) is 0 Å². The van der Waals surface area contributed by atoms with E-state index in [2.05, 4.69) is 10.6 Å². The number of hydrogen-bond donors (Lipinski definition) is 2. The van der Waals surface area contributed by atoms with Gasteiger partial charge in [-0.1, -0.05) is 48.0 Å². The van der Waals surface area contributed by atoms with Gasteiger partial charge in [-0.25, -0.2) is 4.39 Å². The minimum absolute atomic E-state index is 0.0551. The van der Waals surface area contributed by atoms with Crippen molar-refractivity contribution in [1.82, 2.24) is 5.32 Å². The Bertz CT molecular complexity index is 840. The van der Waals surface area contributed by atoms with Crippen molar-refractivity contribution in [2.24, 2.45) is 0 Å². The molecule has 0 aliphatic carbocycles. The van der Waals surface area contributed by atoms with Gasteiger partial charge in [0.05, 0.1) is 18.3 Å². The molecule has 1 heterocycles. The molecular weight excluding hydrogens is 359 g/mol. The van der Waals surface area contributed by atoms with Crippen LogP contribution >= 0.6 is 22.9 Å².